The van der Waals surface area contributed by atoms with Gasteiger partial charge >= 0.3 is 0 Å². The van der Waals surface area contributed by atoms with E-state index in [-0.39, 0.29) is 0 Å². The lowest BCUT2D eigenvalue weighted by atomic mass is 10.4. The second kappa shape index (κ2) is 3.77. The highest BCUT2D eigenvalue weighted by Crippen LogP contribution is 2.04. The van der Waals surface area contributed by atoms with E-state index in [2.05, 4.69) is 20.2 Å². The normalized spacial score (nSPS) is 10.5. The largest absolute Gasteiger partial charge is 0.368 e. The number of anilines is 1. The number of nitrogens with one attached hydrogen (secondary N) is 1. The Morgan fingerprint density at radius 1 is 1.60 bits per heavy atom. The van der Waals surface area contributed by atoms with Crippen LogP contribution < -0.4 is 5.73 Å². The molecule has 2 rings (SSSR count). The SMILES string of the molecule is Cc1nccc(Cn2c(N)n[nH]c2=S)n1. The number of aromatic nitrogens is 5. The molecule has 0 radical (unpaired) electrons. The van der Waals surface area contributed by atoms with Crippen LogP contribution in [0, 0.1) is 11.7 Å². The molecule has 15 heavy (non-hydrogen) atoms. The summed E-state index contributed by atoms with van der Waals surface area (Å²) in [7, 11) is 0. The molecule has 0 fully saturated rings. The lowest BCUT2D eigenvalue weighted by Crippen LogP contribution is -2.07. The van der Waals surface area contributed by atoms with Gasteiger partial charge in [-0.1, -0.05) is 0 Å². The standard InChI is InChI=1S/C8H10N6S/c1-5-10-3-2-6(11-5)4-14-7(9)12-13-8(14)15/h2-3H,4H2,1H3,(H2,9,12)(H,13,15). The van der Waals surface area contributed by atoms with E-state index in [1.165, 1.54) is 0 Å². The van der Waals surface area contributed by atoms with E-state index in [0.717, 1.165) is 11.5 Å². The number of hydrogen-bond acceptors (Lipinski definition) is 5. The first-order valence-corrected chi connectivity index (χ1v) is 4.77. The number of aromatic amines is 1. The summed E-state index contributed by atoms with van der Waals surface area (Å²) in [5.41, 5.74) is 6.49. The zero-order valence-corrected chi connectivity index (χ0v) is 8.95. The molecule has 3 N–H and O–H groups in total. The molecular weight excluding hydrogens is 212 g/mol. The molecule has 0 amide bonds. The molecule has 6 nitrogen and oxygen atoms in total. The number of aryl methyl sites for hydroxylation is 1. The van der Waals surface area contributed by atoms with Crippen molar-refractivity contribution in [2.75, 3.05) is 5.73 Å². The first kappa shape index (κ1) is 9.78. The maximum Gasteiger partial charge on any atom is 0.220 e. The lowest BCUT2D eigenvalue weighted by molar-refractivity contribution is 0.759. The molecule has 0 aromatic carbocycles. The number of nitrogens with zero attached hydrogens (tertiary/aromatic N) is 4. The second-order valence-corrected chi connectivity index (χ2v) is 3.45. The van der Waals surface area contributed by atoms with E-state index in [4.69, 9.17) is 18.0 Å². The molecule has 2 heterocycles. The molecular formula is C8H10N6S. The van der Waals surface area contributed by atoms with Gasteiger partial charge in [0.05, 0.1) is 12.2 Å². The number of rotatable bonds is 2. The van der Waals surface area contributed by atoms with E-state index >= 15 is 0 Å². The predicted molar refractivity (Wildman–Crippen MR) is 57.7 cm³/mol. The van der Waals surface area contributed by atoms with E-state index in [9.17, 15) is 0 Å². The van der Waals surface area contributed by atoms with Gasteiger partial charge in [0, 0.05) is 6.20 Å². The molecule has 0 aliphatic rings. The summed E-state index contributed by atoms with van der Waals surface area (Å²) < 4.78 is 2.17. The Morgan fingerprint density at radius 3 is 3.00 bits per heavy atom. The molecule has 0 bridgehead atoms. The van der Waals surface area contributed by atoms with Crippen molar-refractivity contribution in [1.82, 2.24) is 24.7 Å². The van der Waals surface area contributed by atoms with Crippen molar-refractivity contribution in [3.05, 3.63) is 28.6 Å². The van der Waals surface area contributed by atoms with Gasteiger partial charge < -0.3 is 5.73 Å². The quantitative estimate of drug-likeness (QED) is 0.729. The van der Waals surface area contributed by atoms with Gasteiger partial charge in [0.25, 0.3) is 0 Å². The van der Waals surface area contributed by atoms with Crippen molar-refractivity contribution in [1.29, 1.82) is 0 Å². The van der Waals surface area contributed by atoms with Crippen molar-refractivity contribution >= 4 is 18.2 Å². The molecule has 0 atom stereocenters. The molecule has 0 saturated heterocycles. The molecule has 2 aromatic heterocycles. The van der Waals surface area contributed by atoms with Crippen LogP contribution in [0.15, 0.2) is 12.3 Å². The molecule has 0 aliphatic heterocycles. The van der Waals surface area contributed by atoms with E-state index < -0.39 is 0 Å². The first-order chi connectivity index (χ1) is 7.16. The molecule has 7 heteroatoms. The van der Waals surface area contributed by atoms with Crippen molar-refractivity contribution in [3.8, 4) is 0 Å². The monoisotopic (exact) mass is 222 g/mol. The molecule has 0 spiro atoms. The van der Waals surface area contributed by atoms with E-state index in [1.807, 2.05) is 13.0 Å². The summed E-state index contributed by atoms with van der Waals surface area (Å²) in [6.07, 6.45) is 1.71. The predicted octanol–water partition coefficient (Wildman–Crippen LogP) is 0.670. The Labute approximate surface area is 91.2 Å². The van der Waals surface area contributed by atoms with Crippen LogP contribution in [-0.4, -0.2) is 24.7 Å². The number of hydrogen-bond donors (Lipinski definition) is 2. The maximum atomic E-state index is 5.64. The average Bonchev–Trinajstić information content (AvgIpc) is 2.50. The highest BCUT2D eigenvalue weighted by Gasteiger charge is 2.03. The minimum atomic E-state index is 0.358. The fourth-order valence-corrected chi connectivity index (χ4v) is 1.44. The van der Waals surface area contributed by atoms with Gasteiger partial charge in [0.15, 0.2) is 4.77 Å². The van der Waals surface area contributed by atoms with Crippen LogP contribution in [0.3, 0.4) is 0 Å². The molecule has 0 aliphatic carbocycles. The van der Waals surface area contributed by atoms with Gasteiger partial charge in [-0.05, 0) is 25.2 Å². The van der Waals surface area contributed by atoms with Gasteiger partial charge in [0.2, 0.25) is 5.95 Å². The highest BCUT2D eigenvalue weighted by molar-refractivity contribution is 7.71. The Morgan fingerprint density at radius 2 is 2.40 bits per heavy atom. The summed E-state index contributed by atoms with van der Waals surface area (Å²) in [5.74, 6) is 1.08. The van der Waals surface area contributed by atoms with Crippen LogP contribution in [0.5, 0.6) is 0 Å². The average molecular weight is 222 g/mol. The third kappa shape index (κ3) is 2.01. The van der Waals surface area contributed by atoms with Gasteiger partial charge in [-0.15, -0.1) is 5.10 Å². The van der Waals surface area contributed by atoms with Crippen LogP contribution in [0.1, 0.15) is 11.5 Å². The summed E-state index contributed by atoms with van der Waals surface area (Å²) >= 11 is 5.03. The Hall–Kier alpha value is -1.76. The summed E-state index contributed by atoms with van der Waals surface area (Å²) in [5, 5.41) is 6.43. The van der Waals surface area contributed by atoms with Crippen molar-refractivity contribution in [2.45, 2.75) is 13.5 Å². The summed E-state index contributed by atoms with van der Waals surface area (Å²) in [4.78, 5) is 8.27. The molecule has 78 valence electrons. The third-order valence-electron chi connectivity index (χ3n) is 1.94. The van der Waals surface area contributed by atoms with Crippen LogP contribution >= 0.6 is 12.2 Å². The van der Waals surface area contributed by atoms with E-state index in [0.29, 0.717) is 17.3 Å². The van der Waals surface area contributed by atoms with Crippen LogP contribution in [0.2, 0.25) is 0 Å². The smallest absolute Gasteiger partial charge is 0.220 e. The van der Waals surface area contributed by atoms with Gasteiger partial charge in [-0.2, -0.15) is 0 Å². The maximum absolute atomic E-state index is 5.64. The van der Waals surface area contributed by atoms with Crippen LogP contribution in [-0.2, 0) is 6.54 Å². The second-order valence-electron chi connectivity index (χ2n) is 3.07. The Balaban J connectivity index is 2.33. The molecule has 2 aromatic rings. The molecule has 0 unspecified atom stereocenters. The van der Waals surface area contributed by atoms with Crippen molar-refractivity contribution < 1.29 is 0 Å². The van der Waals surface area contributed by atoms with Gasteiger partial charge in [-0.25, -0.2) is 15.1 Å². The van der Waals surface area contributed by atoms with Crippen LogP contribution in [0.4, 0.5) is 5.95 Å². The topological polar surface area (TPSA) is 85.4 Å². The van der Waals surface area contributed by atoms with Crippen LogP contribution in [0.25, 0.3) is 0 Å². The first-order valence-electron chi connectivity index (χ1n) is 4.36. The lowest BCUT2D eigenvalue weighted by Gasteiger charge is -2.03. The number of nitrogen functional groups attached to an aromatic ring is 1. The fraction of sp³-hybridized carbons (Fsp3) is 0.250. The Bertz CT molecular complexity index is 528. The third-order valence-corrected chi connectivity index (χ3v) is 2.25. The zero-order valence-electron chi connectivity index (χ0n) is 8.14. The summed E-state index contributed by atoms with van der Waals surface area (Å²) in [6.45, 7) is 2.34. The summed E-state index contributed by atoms with van der Waals surface area (Å²) in [6, 6.07) is 1.82. The highest BCUT2D eigenvalue weighted by atomic mass is 32.1. The minimum absolute atomic E-state index is 0.358. The number of nitrogens with two attached hydrogens (primary N) is 1. The van der Waals surface area contributed by atoms with Crippen molar-refractivity contribution in [2.24, 2.45) is 0 Å². The fourth-order valence-electron chi connectivity index (χ4n) is 1.24. The van der Waals surface area contributed by atoms with Gasteiger partial charge in [-0.3, -0.25) is 4.57 Å². The van der Waals surface area contributed by atoms with E-state index in [1.54, 1.807) is 10.8 Å². The van der Waals surface area contributed by atoms with Crippen molar-refractivity contribution in [3.63, 3.8) is 0 Å². The zero-order chi connectivity index (χ0) is 10.8. The minimum Gasteiger partial charge on any atom is -0.368 e. The van der Waals surface area contributed by atoms with Gasteiger partial charge in [0.1, 0.15) is 5.82 Å². The molecule has 0 saturated carbocycles. The number of H-pyrrole nitrogens is 1. The Kier molecular flexibility index (Phi) is 2.46.